The second kappa shape index (κ2) is 7.91. The minimum Gasteiger partial charge on any atom is -0.495 e. The second-order valence-electron chi connectivity index (χ2n) is 6.22. The standard InChI is InChI=1S/C20H21BrN2O3/c1-3-13-10-15(21)8-9-16(13)22-20(25)14-11-19(24)23(12-14)17-6-4-5-7-18(17)26-2/h4-10,14H,3,11-12H2,1-2H3,(H,22,25)/t14-/m0/s1. The fourth-order valence-corrected chi connectivity index (χ4v) is 3.59. The van der Waals surface area contributed by atoms with Gasteiger partial charge in [0.1, 0.15) is 5.75 Å². The largest absolute Gasteiger partial charge is 0.495 e. The van der Waals surface area contributed by atoms with Crippen molar-refractivity contribution in [3.63, 3.8) is 0 Å². The Morgan fingerprint density at radius 1 is 1.31 bits per heavy atom. The van der Waals surface area contributed by atoms with Crippen LogP contribution in [0.3, 0.4) is 0 Å². The number of ether oxygens (including phenoxy) is 1. The Morgan fingerprint density at radius 3 is 2.81 bits per heavy atom. The SMILES string of the molecule is CCc1cc(Br)ccc1NC(=O)[C@H]1CC(=O)N(c2ccccc2OC)C1. The van der Waals surface area contributed by atoms with Crippen molar-refractivity contribution in [2.24, 2.45) is 5.92 Å². The fraction of sp³-hybridized carbons (Fsp3) is 0.300. The summed E-state index contributed by atoms with van der Waals surface area (Å²) in [6.07, 6.45) is 1.01. The van der Waals surface area contributed by atoms with Crippen molar-refractivity contribution in [3.8, 4) is 5.75 Å². The van der Waals surface area contributed by atoms with Gasteiger partial charge in [0.2, 0.25) is 11.8 Å². The number of rotatable bonds is 5. The lowest BCUT2D eigenvalue weighted by molar-refractivity contribution is -0.122. The first-order chi connectivity index (χ1) is 12.5. The van der Waals surface area contributed by atoms with Crippen LogP contribution in [0.2, 0.25) is 0 Å². The molecule has 2 aromatic carbocycles. The summed E-state index contributed by atoms with van der Waals surface area (Å²) in [5.74, 6) is 0.0396. The van der Waals surface area contributed by atoms with Gasteiger partial charge in [-0.05, 0) is 42.3 Å². The maximum absolute atomic E-state index is 12.7. The number of carbonyl (C=O) groups is 2. The first kappa shape index (κ1) is 18.5. The van der Waals surface area contributed by atoms with Gasteiger partial charge in [0.05, 0.1) is 18.7 Å². The minimum absolute atomic E-state index is 0.0684. The number of benzene rings is 2. The minimum atomic E-state index is -0.388. The van der Waals surface area contributed by atoms with Gasteiger partial charge in [-0.25, -0.2) is 0 Å². The van der Waals surface area contributed by atoms with Gasteiger partial charge >= 0.3 is 0 Å². The van der Waals surface area contributed by atoms with Crippen molar-refractivity contribution in [1.29, 1.82) is 0 Å². The van der Waals surface area contributed by atoms with Crippen LogP contribution in [0.5, 0.6) is 5.75 Å². The van der Waals surface area contributed by atoms with Crippen molar-refractivity contribution in [3.05, 3.63) is 52.5 Å². The number of nitrogens with one attached hydrogen (secondary N) is 1. The Morgan fingerprint density at radius 2 is 2.08 bits per heavy atom. The molecule has 0 radical (unpaired) electrons. The highest BCUT2D eigenvalue weighted by atomic mass is 79.9. The highest BCUT2D eigenvalue weighted by Crippen LogP contribution is 2.33. The van der Waals surface area contributed by atoms with Crippen LogP contribution in [-0.2, 0) is 16.0 Å². The number of amides is 2. The predicted octanol–water partition coefficient (Wildman–Crippen LogP) is 4.01. The van der Waals surface area contributed by atoms with E-state index in [9.17, 15) is 9.59 Å². The first-order valence-electron chi connectivity index (χ1n) is 8.56. The van der Waals surface area contributed by atoms with Crippen molar-refractivity contribution in [2.45, 2.75) is 19.8 Å². The van der Waals surface area contributed by atoms with Gasteiger partial charge in [-0.2, -0.15) is 0 Å². The van der Waals surface area contributed by atoms with E-state index >= 15 is 0 Å². The molecule has 2 amide bonds. The molecule has 136 valence electrons. The molecule has 1 aliphatic heterocycles. The van der Waals surface area contributed by atoms with Crippen LogP contribution < -0.4 is 15.0 Å². The molecule has 0 spiro atoms. The lowest BCUT2D eigenvalue weighted by atomic mass is 10.1. The zero-order valence-corrected chi connectivity index (χ0v) is 16.4. The van der Waals surface area contributed by atoms with Gasteiger partial charge in [0, 0.05) is 23.1 Å². The van der Waals surface area contributed by atoms with E-state index in [0.717, 1.165) is 22.1 Å². The van der Waals surface area contributed by atoms with E-state index in [1.807, 2.05) is 49.4 Å². The summed E-state index contributed by atoms with van der Waals surface area (Å²) < 4.78 is 6.32. The lowest BCUT2D eigenvalue weighted by Crippen LogP contribution is -2.28. The Hall–Kier alpha value is -2.34. The Labute approximate surface area is 161 Å². The van der Waals surface area contributed by atoms with Crippen LogP contribution in [0.4, 0.5) is 11.4 Å². The zero-order valence-electron chi connectivity index (χ0n) is 14.8. The normalized spacial score (nSPS) is 16.7. The molecular weight excluding hydrogens is 396 g/mol. The molecule has 1 fully saturated rings. The first-order valence-corrected chi connectivity index (χ1v) is 9.35. The molecule has 6 heteroatoms. The molecule has 0 aliphatic carbocycles. The maximum atomic E-state index is 12.7. The molecule has 0 bridgehead atoms. The third-order valence-electron chi connectivity index (χ3n) is 4.58. The van der Waals surface area contributed by atoms with Gasteiger partial charge in [-0.3, -0.25) is 9.59 Å². The van der Waals surface area contributed by atoms with Crippen LogP contribution in [0.1, 0.15) is 18.9 Å². The van der Waals surface area contributed by atoms with E-state index in [2.05, 4.69) is 21.2 Å². The number of halogens is 1. The average molecular weight is 417 g/mol. The monoisotopic (exact) mass is 416 g/mol. The van der Waals surface area contributed by atoms with Crippen LogP contribution in [-0.4, -0.2) is 25.5 Å². The summed E-state index contributed by atoms with van der Waals surface area (Å²) >= 11 is 3.45. The number of methoxy groups -OCH3 is 1. The molecule has 0 unspecified atom stereocenters. The van der Waals surface area contributed by atoms with Gasteiger partial charge < -0.3 is 15.0 Å². The van der Waals surface area contributed by atoms with Gasteiger partial charge in [0.25, 0.3) is 0 Å². The number of nitrogens with zero attached hydrogens (tertiary/aromatic N) is 1. The molecule has 1 N–H and O–H groups in total. The van der Waals surface area contributed by atoms with Gasteiger partial charge in [-0.1, -0.05) is 35.0 Å². The van der Waals surface area contributed by atoms with E-state index in [0.29, 0.717) is 18.0 Å². The molecule has 2 aromatic rings. The summed E-state index contributed by atoms with van der Waals surface area (Å²) in [6.45, 7) is 2.39. The number of carbonyl (C=O) groups excluding carboxylic acids is 2. The van der Waals surface area contributed by atoms with E-state index < -0.39 is 0 Å². The van der Waals surface area contributed by atoms with Crippen LogP contribution in [0, 0.1) is 5.92 Å². The molecule has 1 heterocycles. The molecular formula is C20H21BrN2O3. The van der Waals surface area contributed by atoms with Crippen LogP contribution in [0.25, 0.3) is 0 Å². The number of hydrogen-bond acceptors (Lipinski definition) is 3. The molecule has 0 saturated carbocycles. The molecule has 0 aromatic heterocycles. The number of para-hydroxylation sites is 2. The Balaban J connectivity index is 1.75. The van der Waals surface area contributed by atoms with Crippen molar-refractivity contribution in [1.82, 2.24) is 0 Å². The number of anilines is 2. The van der Waals surface area contributed by atoms with E-state index in [1.165, 1.54) is 0 Å². The number of aryl methyl sites for hydroxylation is 1. The molecule has 26 heavy (non-hydrogen) atoms. The highest BCUT2D eigenvalue weighted by Gasteiger charge is 2.36. The second-order valence-corrected chi connectivity index (χ2v) is 7.14. The van der Waals surface area contributed by atoms with Crippen molar-refractivity contribution in [2.75, 3.05) is 23.9 Å². The number of hydrogen-bond donors (Lipinski definition) is 1. The van der Waals surface area contributed by atoms with Crippen molar-refractivity contribution >= 4 is 39.1 Å². The van der Waals surface area contributed by atoms with E-state index in [-0.39, 0.29) is 24.2 Å². The zero-order chi connectivity index (χ0) is 18.7. The summed E-state index contributed by atoms with van der Waals surface area (Å²) in [4.78, 5) is 26.8. The molecule has 1 atom stereocenters. The quantitative estimate of drug-likeness (QED) is 0.800. The van der Waals surface area contributed by atoms with Crippen molar-refractivity contribution < 1.29 is 14.3 Å². The van der Waals surface area contributed by atoms with E-state index in [1.54, 1.807) is 12.0 Å². The van der Waals surface area contributed by atoms with Crippen LogP contribution in [0.15, 0.2) is 46.9 Å². The summed E-state index contributed by atoms with van der Waals surface area (Å²) in [5, 5.41) is 2.98. The third-order valence-corrected chi connectivity index (χ3v) is 5.07. The summed E-state index contributed by atoms with van der Waals surface area (Å²) in [6, 6.07) is 13.1. The lowest BCUT2D eigenvalue weighted by Gasteiger charge is -2.19. The van der Waals surface area contributed by atoms with Gasteiger partial charge in [-0.15, -0.1) is 0 Å². The average Bonchev–Trinajstić information content (AvgIpc) is 3.04. The summed E-state index contributed by atoms with van der Waals surface area (Å²) in [7, 11) is 1.57. The predicted molar refractivity (Wildman–Crippen MR) is 106 cm³/mol. The fourth-order valence-electron chi connectivity index (χ4n) is 3.18. The highest BCUT2D eigenvalue weighted by molar-refractivity contribution is 9.10. The smallest absolute Gasteiger partial charge is 0.229 e. The molecule has 5 nitrogen and oxygen atoms in total. The Kier molecular flexibility index (Phi) is 5.61. The molecule has 1 aliphatic rings. The van der Waals surface area contributed by atoms with Crippen LogP contribution >= 0.6 is 15.9 Å². The maximum Gasteiger partial charge on any atom is 0.229 e. The van der Waals surface area contributed by atoms with Gasteiger partial charge in [0.15, 0.2) is 0 Å². The molecule has 3 rings (SSSR count). The topological polar surface area (TPSA) is 58.6 Å². The third kappa shape index (κ3) is 3.75. The Bertz CT molecular complexity index is 838. The molecule has 1 saturated heterocycles. The summed E-state index contributed by atoms with van der Waals surface area (Å²) in [5.41, 5.74) is 2.55. The van der Waals surface area contributed by atoms with E-state index in [4.69, 9.17) is 4.74 Å².